The first kappa shape index (κ1) is 17.1. The first-order valence-electron chi connectivity index (χ1n) is 8.62. The summed E-state index contributed by atoms with van der Waals surface area (Å²) in [5, 5.41) is 3.08. The SMILES string of the molecule is CCCN1CC[C@@H](CNC(=O)N2CCC(CC(N)=O)CC2)C1. The molecule has 0 saturated carbocycles. The molecule has 22 heavy (non-hydrogen) atoms. The van der Waals surface area contributed by atoms with Crippen LogP contribution < -0.4 is 11.1 Å². The van der Waals surface area contributed by atoms with Crippen LogP contribution in [0.4, 0.5) is 4.79 Å². The van der Waals surface area contributed by atoms with Crippen molar-refractivity contribution in [1.82, 2.24) is 15.1 Å². The molecule has 0 aromatic rings. The summed E-state index contributed by atoms with van der Waals surface area (Å²) < 4.78 is 0. The lowest BCUT2D eigenvalue weighted by molar-refractivity contribution is -0.119. The van der Waals surface area contributed by atoms with Gasteiger partial charge in [-0.05, 0) is 50.6 Å². The van der Waals surface area contributed by atoms with Crippen molar-refractivity contribution < 1.29 is 9.59 Å². The minimum Gasteiger partial charge on any atom is -0.370 e. The summed E-state index contributed by atoms with van der Waals surface area (Å²) in [6, 6.07) is 0.0477. The summed E-state index contributed by atoms with van der Waals surface area (Å²) in [4.78, 5) is 27.5. The fourth-order valence-corrected chi connectivity index (χ4v) is 3.57. The molecule has 2 fully saturated rings. The van der Waals surface area contributed by atoms with Gasteiger partial charge in [0.25, 0.3) is 0 Å². The van der Waals surface area contributed by atoms with E-state index in [9.17, 15) is 9.59 Å². The maximum Gasteiger partial charge on any atom is 0.317 e. The molecule has 2 aliphatic heterocycles. The number of nitrogens with one attached hydrogen (secondary N) is 1. The Labute approximate surface area is 133 Å². The second-order valence-corrected chi connectivity index (χ2v) is 6.74. The fourth-order valence-electron chi connectivity index (χ4n) is 3.57. The number of carbonyl (C=O) groups is 2. The largest absolute Gasteiger partial charge is 0.370 e. The fraction of sp³-hybridized carbons (Fsp3) is 0.875. The van der Waals surface area contributed by atoms with Gasteiger partial charge < -0.3 is 20.9 Å². The molecule has 3 N–H and O–H groups in total. The van der Waals surface area contributed by atoms with E-state index in [0.29, 0.717) is 18.3 Å². The average molecular weight is 310 g/mol. The summed E-state index contributed by atoms with van der Waals surface area (Å²) in [6.07, 6.45) is 4.58. The van der Waals surface area contributed by atoms with Crippen molar-refractivity contribution >= 4 is 11.9 Å². The number of rotatable bonds is 6. The second-order valence-electron chi connectivity index (χ2n) is 6.74. The van der Waals surface area contributed by atoms with Gasteiger partial charge in [0.1, 0.15) is 0 Å². The van der Waals surface area contributed by atoms with Crippen LogP contribution in [0.25, 0.3) is 0 Å². The van der Waals surface area contributed by atoms with Gasteiger partial charge in [-0.3, -0.25) is 4.79 Å². The van der Waals surface area contributed by atoms with Gasteiger partial charge in [-0.1, -0.05) is 6.92 Å². The molecule has 0 aliphatic carbocycles. The van der Waals surface area contributed by atoms with Gasteiger partial charge in [-0.15, -0.1) is 0 Å². The van der Waals surface area contributed by atoms with E-state index in [0.717, 1.165) is 52.1 Å². The Morgan fingerprint density at radius 3 is 2.45 bits per heavy atom. The molecule has 0 radical (unpaired) electrons. The maximum absolute atomic E-state index is 12.2. The number of nitrogens with two attached hydrogens (primary N) is 1. The van der Waals surface area contributed by atoms with Crippen molar-refractivity contribution in [2.75, 3.05) is 39.3 Å². The van der Waals surface area contributed by atoms with Gasteiger partial charge in [-0.25, -0.2) is 4.79 Å². The highest BCUT2D eigenvalue weighted by atomic mass is 16.2. The molecule has 2 saturated heterocycles. The van der Waals surface area contributed by atoms with Crippen molar-refractivity contribution in [3.63, 3.8) is 0 Å². The molecule has 126 valence electrons. The number of amides is 3. The van der Waals surface area contributed by atoms with Crippen molar-refractivity contribution in [3.05, 3.63) is 0 Å². The number of carbonyl (C=O) groups excluding carboxylic acids is 2. The van der Waals surface area contributed by atoms with Crippen LogP contribution in [0, 0.1) is 11.8 Å². The molecule has 2 rings (SSSR count). The summed E-state index contributed by atoms with van der Waals surface area (Å²) in [5.74, 6) is 0.697. The van der Waals surface area contributed by atoms with Crippen molar-refractivity contribution in [1.29, 1.82) is 0 Å². The summed E-state index contributed by atoms with van der Waals surface area (Å²) in [7, 11) is 0. The van der Waals surface area contributed by atoms with E-state index in [1.807, 2.05) is 4.90 Å². The van der Waals surface area contributed by atoms with Gasteiger partial charge in [0, 0.05) is 32.6 Å². The molecule has 0 unspecified atom stereocenters. The van der Waals surface area contributed by atoms with Crippen molar-refractivity contribution in [3.8, 4) is 0 Å². The molecule has 1 atom stereocenters. The minimum atomic E-state index is -0.235. The molecule has 2 heterocycles. The normalized spacial score (nSPS) is 23.7. The first-order valence-corrected chi connectivity index (χ1v) is 8.62. The molecule has 6 heteroatoms. The number of urea groups is 1. The number of primary amides is 1. The van der Waals surface area contributed by atoms with Gasteiger partial charge in [0.05, 0.1) is 0 Å². The number of piperidine rings is 1. The summed E-state index contributed by atoms with van der Waals surface area (Å²) in [6.45, 7) is 7.88. The first-order chi connectivity index (χ1) is 10.6. The Morgan fingerprint density at radius 1 is 1.14 bits per heavy atom. The molecule has 3 amide bonds. The van der Waals surface area contributed by atoms with Crippen molar-refractivity contribution in [2.45, 2.75) is 39.0 Å². The Bertz CT molecular complexity index is 380. The third kappa shape index (κ3) is 5.16. The minimum absolute atomic E-state index is 0.0477. The molecule has 6 nitrogen and oxygen atoms in total. The standard InChI is InChI=1S/C16H30N4O2/c1-2-6-19-7-3-14(12-19)11-18-16(22)20-8-4-13(5-9-20)10-15(17)21/h13-14H,2-12H2,1H3,(H2,17,21)(H,18,22)/t14-/m0/s1. The smallest absolute Gasteiger partial charge is 0.317 e. The zero-order valence-electron chi connectivity index (χ0n) is 13.7. The quantitative estimate of drug-likeness (QED) is 0.768. The summed E-state index contributed by atoms with van der Waals surface area (Å²) in [5.41, 5.74) is 5.23. The topological polar surface area (TPSA) is 78.7 Å². The molecule has 0 spiro atoms. The van der Waals surface area contributed by atoms with Crippen LogP contribution in [-0.2, 0) is 4.79 Å². The van der Waals surface area contributed by atoms with Crippen molar-refractivity contribution in [2.24, 2.45) is 17.6 Å². The highest BCUT2D eigenvalue weighted by Gasteiger charge is 2.26. The lowest BCUT2D eigenvalue weighted by Gasteiger charge is -2.31. The summed E-state index contributed by atoms with van der Waals surface area (Å²) >= 11 is 0. The van der Waals surface area contributed by atoms with Crippen LogP contribution in [0.2, 0.25) is 0 Å². The van der Waals surface area contributed by atoms with Gasteiger partial charge >= 0.3 is 6.03 Å². The van der Waals surface area contributed by atoms with E-state index in [1.54, 1.807) is 0 Å². The van der Waals surface area contributed by atoms with Crippen LogP contribution in [0.15, 0.2) is 0 Å². The highest BCUT2D eigenvalue weighted by molar-refractivity contribution is 5.75. The zero-order chi connectivity index (χ0) is 15.9. The molecule has 2 aliphatic rings. The Balaban J connectivity index is 1.63. The third-order valence-electron chi connectivity index (χ3n) is 4.84. The van der Waals surface area contributed by atoms with Crippen LogP contribution in [0.5, 0.6) is 0 Å². The molecule has 0 bridgehead atoms. The Hall–Kier alpha value is -1.30. The molecular formula is C16H30N4O2. The maximum atomic E-state index is 12.2. The zero-order valence-corrected chi connectivity index (χ0v) is 13.7. The van der Waals surface area contributed by atoms with Crippen LogP contribution in [-0.4, -0.2) is 61.0 Å². The second kappa shape index (κ2) is 8.36. The van der Waals surface area contributed by atoms with Gasteiger partial charge in [0.15, 0.2) is 0 Å². The number of likely N-dealkylation sites (tertiary alicyclic amines) is 2. The van der Waals surface area contributed by atoms with E-state index < -0.39 is 0 Å². The molecule has 0 aromatic heterocycles. The predicted octanol–water partition coefficient (Wildman–Crippen LogP) is 1.02. The van der Waals surface area contributed by atoms with E-state index in [-0.39, 0.29) is 11.9 Å². The third-order valence-corrected chi connectivity index (χ3v) is 4.84. The predicted molar refractivity (Wildman–Crippen MR) is 86.3 cm³/mol. The van der Waals surface area contributed by atoms with E-state index in [4.69, 9.17) is 5.73 Å². The Morgan fingerprint density at radius 2 is 1.82 bits per heavy atom. The number of hydrogen-bond acceptors (Lipinski definition) is 3. The lowest BCUT2D eigenvalue weighted by Crippen LogP contribution is -2.46. The highest BCUT2D eigenvalue weighted by Crippen LogP contribution is 2.20. The van der Waals surface area contributed by atoms with Crippen LogP contribution in [0.1, 0.15) is 39.0 Å². The van der Waals surface area contributed by atoms with Gasteiger partial charge in [-0.2, -0.15) is 0 Å². The lowest BCUT2D eigenvalue weighted by atomic mass is 9.93. The average Bonchev–Trinajstić information content (AvgIpc) is 2.93. The van der Waals surface area contributed by atoms with Crippen LogP contribution in [0.3, 0.4) is 0 Å². The van der Waals surface area contributed by atoms with Crippen LogP contribution >= 0.6 is 0 Å². The molecular weight excluding hydrogens is 280 g/mol. The number of hydrogen-bond donors (Lipinski definition) is 2. The molecule has 0 aromatic carbocycles. The number of nitrogens with zero attached hydrogens (tertiary/aromatic N) is 2. The van der Waals surface area contributed by atoms with E-state index in [2.05, 4.69) is 17.1 Å². The van der Waals surface area contributed by atoms with E-state index >= 15 is 0 Å². The monoisotopic (exact) mass is 310 g/mol. The Kier molecular flexibility index (Phi) is 6.49. The van der Waals surface area contributed by atoms with Gasteiger partial charge in [0.2, 0.25) is 5.91 Å². The van der Waals surface area contributed by atoms with E-state index in [1.165, 1.54) is 12.8 Å².